The molecule has 1 fully saturated rings. The van der Waals surface area contributed by atoms with Crippen molar-refractivity contribution in [3.63, 3.8) is 0 Å². The smallest absolute Gasteiger partial charge is 0.233 e. The van der Waals surface area contributed by atoms with Gasteiger partial charge in [-0.05, 0) is 65.2 Å². The quantitative estimate of drug-likeness (QED) is 0.734. The normalized spacial score (nSPS) is 14.5. The van der Waals surface area contributed by atoms with Crippen molar-refractivity contribution in [3.05, 3.63) is 32.1 Å². The van der Waals surface area contributed by atoms with Gasteiger partial charge in [-0.3, -0.25) is 0 Å². The minimum absolute atomic E-state index is 0.177. The Labute approximate surface area is 146 Å². The second-order valence-electron chi connectivity index (χ2n) is 4.67. The van der Waals surface area contributed by atoms with Crippen LogP contribution in [-0.2, 0) is 0 Å². The maximum Gasteiger partial charge on any atom is 0.233 e. The van der Waals surface area contributed by atoms with E-state index >= 15 is 0 Å². The number of nitrogens with one attached hydrogen (secondary N) is 1. The molecule has 0 spiro atoms. The molecule has 110 valence electrons. The maximum absolute atomic E-state index is 6.20. The van der Waals surface area contributed by atoms with Gasteiger partial charge in [0.25, 0.3) is 0 Å². The lowest BCUT2D eigenvalue weighted by Crippen LogP contribution is -2.21. The number of hydrogen-bond acceptors (Lipinski definition) is 5. The molecule has 1 saturated heterocycles. The van der Waals surface area contributed by atoms with Crippen LogP contribution in [-0.4, -0.2) is 28.0 Å². The van der Waals surface area contributed by atoms with Gasteiger partial charge in [-0.2, -0.15) is 15.0 Å². The van der Waals surface area contributed by atoms with Crippen LogP contribution in [0.2, 0.25) is 10.3 Å². The first-order valence-corrected chi connectivity index (χ1v) is 8.34. The molecular weight excluding hydrogens is 424 g/mol. The third kappa shape index (κ3) is 3.67. The van der Waals surface area contributed by atoms with Gasteiger partial charge >= 0.3 is 0 Å². The highest BCUT2D eigenvalue weighted by Gasteiger charge is 2.17. The maximum atomic E-state index is 6.20. The average Bonchev–Trinajstić information content (AvgIpc) is 2.95. The predicted octanol–water partition coefficient (Wildman–Crippen LogP) is 4.13. The van der Waals surface area contributed by atoms with Gasteiger partial charge in [-0.15, -0.1) is 0 Å². The first-order chi connectivity index (χ1) is 10.1. The van der Waals surface area contributed by atoms with Crippen LogP contribution in [0.25, 0.3) is 0 Å². The molecule has 0 bridgehead atoms. The van der Waals surface area contributed by atoms with E-state index in [1.807, 2.05) is 18.2 Å². The van der Waals surface area contributed by atoms with Crippen LogP contribution in [0.5, 0.6) is 0 Å². The van der Waals surface area contributed by atoms with Crippen LogP contribution in [0, 0.1) is 3.57 Å². The van der Waals surface area contributed by atoms with E-state index in [9.17, 15) is 0 Å². The van der Waals surface area contributed by atoms with Crippen molar-refractivity contribution in [2.45, 2.75) is 12.8 Å². The Morgan fingerprint density at radius 1 is 1.10 bits per heavy atom. The number of rotatable bonds is 3. The first-order valence-electron chi connectivity index (χ1n) is 6.50. The van der Waals surface area contributed by atoms with E-state index in [4.69, 9.17) is 23.2 Å². The molecule has 21 heavy (non-hydrogen) atoms. The molecule has 1 aromatic heterocycles. The third-order valence-electron chi connectivity index (χ3n) is 3.16. The second kappa shape index (κ2) is 6.50. The Bertz CT molecular complexity index is 661. The minimum atomic E-state index is 0.177. The summed E-state index contributed by atoms with van der Waals surface area (Å²) in [6, 6.07) is 5.71. The van der Waals surface area contributed by atoms with E-state index in [1.54, 1.807) is 0 Å². The summed E-state index contributed by atoms with van der Waals surface area (Å²) in [7, 11) is 0. The molecule has 8 heteroatoms. The summed E-state index contributed by atoms with van der Waals surface area (Å²) in [5, 5.41) is 3.88. The van der Waals surface area contributed by atoms with Crippen LogP contribution in [0.3, 0.4) is 0 Å². The number of aromatic nitrogens is 3. The van der Waals surface area contributed by atoms with Gasteiger partial charge in [0.15, 0.2) is 0 Å². The summed E-state index contributed by atoms with van der Waals surface area (Å²) in [6.45, 7) is 1.90. The van der Waals surface area contributed by atoms with E-state index in [0.717, 1.165) is 35.2 Å². The molecule has 1 aromatic carbocycles. The van der Waals surface area contributed by atoms with Crippen molar-refractivity contribution in [1.29, 1.82) is 0 Å². The topological polar surface area (TPSA) is 53.9 Å². The number of halogens is 3. The Balaban J connectivity index is 1.87. The van der Waals surface area contributed by atoms with Gasteiger partial charge in [-0.25, -0.2) is 0 Å². The summed E-state index contributed by atoms with van der Waals surface area (Å²) in [6.07, 6.45) is 2.30. The predicted molar refractivity (Wildman–Crippen MR) is 93.7 cm³/mol. The molecule has 0 unspecified atom stereocenters. The highest BCUT2D eigenvalue weighted by Crippen LogP contribution is 2.27. The van der Waals surface area contributed by atoms with Gasteiger partial charge in [0.2, 0.25) is 17.2 Å². The molecule has 0 atom stereocenters. The van der Waals surface area contributed by atoms with Crippen molar-refractivity contribution in [2.24, 2.45) is 0 Å². The van der Waals surface area contributed by atoms with Crippen LogP contribution in [0.4, 0.5) is 17.6 Å². The minimum Gasteiger partial charge on any atom is -0.341 e. The lowest BCUT2D eigenvalue weighted by Gasteiger charge is -2.16. The van der Waals surface area contributed by atoms with Crippen molar-refractivity contribution >= 4 is 63.4 Å². The molecule has 1 aliphatic rings. The Hall–Kier alpha value is -0.860. The van der Waals surface area contributed by atoms with Crippen molar-refractivity contribution in [2.75, 3.05) is 23.3 Å². The summed E-state index contributed by atoms with van der Waals surface area (Å²) in [4.78, 5) is 14.8. The van der Waals surface area contributed by atoms with E-state index < -0.39 is 0 Å². The highest BCUT2D eigenvalue weighted by molar-refractivity contribution is 14.1. The Kier molecular flexibility index (Phi) is 4.66. The summed E-state index contributed by atoms with van der Waals surface area (Å²) in [5.74, 6) is 1.01. The van der Waals surface area contributed by atoms with Gasteiger partial charge < -0.3 is 10.2 Å². The molecule has 0 radical (unpaired) electrons. The fourth-order valence-electron chi connectivity index (χ4n) is 2.17. The number of anilines is 3. The van der Waals surface area contributed by atoms with Crippen molar-refractivity contribution < 1.29 is 0 Å². The number of benzene rings is 1. The molecule has 2 heterocycles. The van der Waals surface area contributed by atoms with Gasteiger partial charge in [0.1, 0.15) is 0 Å². The van der Waals surface area contributed by atoms with Gasteiger partial charge in [-0.1, -0.05) is 11.6 Å². The average molecular weight is 436 g/mol. The number of nitrogens with zero attached hydrogens (tertiary/aromatic N) is 4. The molecular formula is C13H12Cl2IN5. The largest absolute Gasteiger partial charge is 0.341 e. The fraction of sp³-hybridized carbons (Fsp3) is 0.308. The zero-order valence-corrected chi connectivity index (χ0v) is 14.7. The van der Waals surface area contributed by atoms with E-state index in [1.165, 1.54) is 0 Å². The van der Waals surface area contributed by atoms with Crippen LogP contribution in [0.15, 0.2) is 18.2 Å². The SMILES string of the molecule is Clc1nc(Nc2ccc(I)cc2Cl)nc(N2CCCC2)n1. The lowest BCUT2D eigenvalue weighted by molar-refractivity contribution is 0.883. The standard InChI is InChI=1S/C13H12Cl2IN5/c14-9-7-8(16)3-4-10(9)17-12-18-11(15)19-13(20-12)21-5-1-2-6-21/h3-4,7H,1-2,5-6H2,(H,17,18,19,20). The molecule has 0 saturated carbocycles. The highest BCUT2D eigenvalue weighted by atomic mass is 127. The van der Waals surface area contributed by atoms with Crippen molar-refractivity contribution in [1.82, 2.24) is 15.0 Å². The van der Waals surface area contributed by atoms with Crippen LogP contribution >= 0.6 is 45.8 Å². The zero-order valence-electron chi connectivity index (χ0n) is 11.0. The molecule has 0 aliphatic carbocycles. The van der Waals surface area contributed by atoms with E-state index in [-0.39, 0.29) is 5.28 Å². The van der Waals surface area contributed by atoms with E-state index in [0.29, 0.717) is 16.9 Å². The van der Waals surface area contributed by atoms with E-state index in [2.05, 4.69) is 47.8 Å². The molecule has 2 aromatic rings. The lowest BCUT2D eigenvalue weighted by atomic mass is 10.3. The third-order valence-corrected chi connectivity index (χ3v) is 4.32. The Morgan fingerprint density at radius 3 is 2.57 bits per heavy atom. The fourth-order valence-corrected chi connectivity index (χ4v) is 3.22. The van der Waals surface area contributed by atoms with Crippen molar-refractivity contribution in [3.8, 4) is 0 Å². The summed E-state index contributed by atoms with van der Waals surface area (Å²) in [5.41, 5.74) is 0.742. The number of hydrogen-bond donors (Lipinski definition) is 1. The molecule has 1 N–H and O–H groups in total. The van der Waals surface area contributed by atoms with Crippen LogP contribution in [0.1, 0.15) is 12.8 Å². The molecule has 3 rings (SSSR count). The molecule has 0 amide bonds. The first kappa shape index (κ1) is 15.1. The zero-order chi connectivity index (χ0) is 14.8. The van der Waals surface area contributed by atoms with Crippen LogP contribution < -0.4 is 10.2 Å². The summed E-state index contributed by atoms with van der Waals surface area (Å²) >= 11 is 14.4. The molecule has 1 aliphatic heterocycles. The summed E-state index contributed by atoms with van der Waals surface area (Å²) < 4.78 is 1.06. The van der Waals surface area contributed by atoms with Gasteiger partial charge in [0.05, 0.1) is 10.7 Å². The second-order valence-corrected chi connectivity index (χ2v) is 6.66. The Morgan fingerprint density at radius 2 is 1.86 bits per heavy atom. The van der Waals surface area contributed by atoms with Gasteiger partial charge in [0, 0.05) is 16.7 Å². The monoisotopic (exact) mass is 435 g/mol. The molecule has 5 nitrogen and oxygen atoms in total.